The molecule has 1 heterocycles. The molecule has 3 rings (SSSR count). The highest BCUT2D eigenvalue weighted by Gasteiger charge is 2.35. The molecule has 0 aliphatic carbocycles. The summed E-state index contributed by atoms with van der Waals surface area (Å²) in [6.07, 6.45) is 1.90. The van der Waals surface area contributed by atoms with Gasteiger partial charge in [0.25, 0.3) is 0 Å². The van der Waals surface area contributed by atoms with Crippen LogP contribution in [0.4, 0.5) is 11.4 Å². The highest BCUT2D eigenvalue weighted by atomic mass is 16.5. The molecule has 2 amide bonds. The van der Waals surface area contributed by atoms with Crippen molar-refractivity contribution < 1.29 is 14.3 Å². The smallest absolute Gasteiger partial charge is 0.229 e. The number of hydrogen-bond donors (Lipinski definition) is 1. The molecule has 1 N–H and O–H groups in total. The highest BCUT2D eigenvalue weighted by Crippen LogP contribution is 2.30. The summed E-state index contributed by atoms with van der Waals surface area (Å²) in [7, 11) is 0. The number of anilines is 2. The number of nitrogens with zero attached hydrogens (tertiary/aromatic N) is 1. The lowest BCUT2D eigenvalue weighted by Gasteiger charge is -2.20. The molecular formula is C22H24N2O3. The first kappa shape index (κ1) is 18.7. The molecular weight excluding hydrogens is 340 g/mol. The van der Waals surface area contributed by atoms with Crippen LogP contribution >= 0.6 is 0 Å². The lowest BCUT2D eigenvalue weighted by atomic mass is 10.1. The van der Waals surface area contributed by atoms with E-state index in [-0.39, 0.29) is 24.2 Å². The lowest BCUT2D eigenvalue weighted by Crippen LogP contribution is -2.28. The number of hydrogen-bond acceptors (Lipinski definition) is 3. The molecule has 140 valence electrons. The number of ether oxygens (including phenoxy) is 1. The second-order valence-electron chi connectivity index (χ2n) is 6.74. The van der Waals surface area contributed by atoms with E-state index < -0.39 is 0 Å². The van der Waals surface area contributed by atoms with Crippen LogP contribution in [0.3, 0.4) is 0 Å². The predicted octanol–water partition coefficient (Wildman–Crippen LogP) is 3.86. The molecule has 5 nitrogen and oxygen atoms in total. The SMILES string of the molecule is C=CCOc1ccc(NC(=O)[C@@H]2CC(=O)N(c3cccc(C)c3C)C2)cc1. The fraction of sp³-hybridized carbons (Fsp3) is 0.273. The van der Waals surface area contributed by atoms with Gasteiger partial charge >= 0.3 is 0 Å². The summed E-state index contributed by atoms with van der Waals surface area (Å²) in [5, 5.41) is 2.89. The molecule has 1 aliphatic heterocycles. The summed E-state index contributed by atoms with van der Waals surface area (Å²) in [6, 6.07) is 13.1. The van der Waals surface area contributed by atoms with Crippen LogP contribution in [0.25, 0.3) is 0 Å². The van der Waals surface area contributed by atoms with Crippen molar-refractivity contribution in [2.24, 2.45) is 5.92 Å². The minimum absolute atomic E-state index is 0.0166. The Labute approximate surface area is 159 Å². The van der Waals surface area contributed by atoms with Crippen molar-refractivity contribution in [2.45, 2.75) is 20.3 Å². The Balaban J connectivity index is 1.65. The molecule has 1 atom stereocenters. The fourth-order valence-electron chi connectivity index (χ4n) is 3.18. The van der Waals surface area contributed by atoms with E-state index in [0.717, 1.165) is 16.8 Å². The van der Waals surface area contributed by atoms with Gasteiger partial charge < -0.3 is 15.0 Å². The van der Waals surface area contributed by atoms with E-state index in [0.29, 0.717) is 24.6 Å². The van der Waals surface area contributed by atoms with Crippen molar-refractivity contribution in [2.75, 3.05) is 23.4 Å². The van der Waals surface area contributed by atoms with Crippen LogP contribution in [0.5, 0.6) is 5.75 Å². The standard InChI is InChI=1S/C22H24N2O3/c1-4-12-27-19-10-8-18(9-11-19)23-22(26)17-13-21(25)24(14-17)20-7-5-6-15(2)16(20)3/h4-11,17H,1,12-14H2,2-3H3,(H,23,26)/t17-/m1/s1. The van der Waals surface area contributed by atoms with Crippen molar-refractivity contribution in [3.8, 4) is 5.75 Å². The number of benzene rings is 2. The van der Waals surface area contributed by atoms with E-state index in [9.17, 15) is 9.59 Å². The van der Waals surface area contributed by atoms with Crippen LogP contribution in [-0.4, -0.2) is 25.0 Å². The Morgan fingerprint density at radius 3 is 2.70 bits per heavy atom. The molecule has 1 fully saturated rings. The van der Waals surface area contributed by atoms with Crippen LogP contribution in [0.2, 0.25) is 0 Å². The van der Waals surface area contributed by atoms with Crippen molar-refractivity contribution in [3.63, 3.8) is 0 Å². The molecule has 0 bridgehead atoms. The third-order valence-electron chi connectivity index (χ3n) is 4.85. The normalized spacial score (nSPS) is 16.3. The van der Waals surface area contributed by atoms with Crippen molar-refractivity contribution in [1.29, 1.82) is 0 Å². The number of carbonyl (C=O) groups is 2. The van der Waals surface area contributed by atoms with Crippen molar-refractivity contribution >= 4 is 23.2 Å². The van der Waals surface area contributed by atoms with Gasteiger partial charge in [0, 0.05) is 24.3 Å². The molecule has 5 heteroatoms. The quantitative estimate of drug-likeness (QED) is 0.792. The summed E-state index contributed by atoms with van der Waals surface area (Å²) in [5.74, 6) is 0.187. The first-order valence-electron chi connectivity index (χ1n) is 9.01. The summed E-state index contributed by atoms with van der Waals surface area (Å²) < 4.78 is 5.43. The Bertz CT molecular complexity index is 858. The monoisotopic (exact) mass is 364 g/mol. The maximum atomic E-state index is 12.6. The zero-order valence-corrected chi connectivity index (χ0v) is 15.7. The van der Waals surface area contributed by atoms with Crippen LogP contribution in [0.1, 0.15) is 17.5 Å². The van der Waals surface area contributed by atoms with E-state index in [1.807, 2.05) is 32.0 Å². The second-order valence-corrected chi connectivity index (χ2v) is 6.74. The van der Waals surface area contributed by atoms with E-state index in [1.54, 1.807) is 35.2 Å². The van der Waals surface area contributed by atoms with Gasteiger partial charge in [0.05, 0.1) is 5.92 Å². The zero-order chi connectivity index (χ0) is 19.4. The van der Waals surface area contributed by atoms with Crippen LogP contribution in [0, 0.1) is 19.8 Å². The van der Waals surface area contributed by atoms with E-state index in [4.69, 9.17) is 4.74 Å². The highest BCUT2D eigenvalue weighted by molar-refractivity contribution is 6.03. The second kappa shape index (κ2) is 8.08. The van der Waals surface area contributed by atoms with Crippen LogP contribution < -0.4 is 15.0 Å². The number of aryl methyl sites for hydroxylation is 1. The van der Waals surface area contributed by atoms with Crippen molar-refractivity contribution in [3.05, 3.63) is 66.2 Å². The van der Waals surface area contributed by atoms with Crippen LogP contribution in [0.15, 0.2) is 55.1 Å². The molecule has 1 saturated heterocycles. The Morgan fingerprint density at radius 1 is 1.26 bits per heavy atom. The largest absolute Gasteiger partial charge is 0.490 e. The molecule has 2 aromatic rings. The Kier molecular flexibility index (Phi) is 5.60. The van der Waals surface area contributed by atoms with Gasteiger partial charge in [0.15, 0.2) is 0 Å². The summed E-state index contributed by atoms with van der Waals surface area (Å²) in [5.41, 5.74) is 3.77. The van der Waals surface area contributed by atoms with Gasteiger partial charge in [0.1, 0.15) is 12.4 Å². The molecule has 0 spiro atoms. The zero-order valence-electron chi connectivity index (χ0n) is 15.7. The predicted molar refractivity (Wildman–Crippen MR) is 107 cm³/mol. The first-order valence-corrected chi connectivity index (χ1v) is 9.01. The maximum absolute atomic E-state index is 12.6. The van der Waals surface area contributed by atoms with Crippen molar-refractivity contribution in [1.82, 2.24) is 0 Å². The number of amides is 2. The lowest BCUT2D eigenvalue weighted by molar-refractivity contribution is -0.122. The Morgan fingerprint density at radius 2 is 2.00 bits per heavy atom. The van der Waals surface area contributed by atoms with Gasteiger partial charge in [-0.05, 0) is 55.3 Å². The number of rotatable bonds is 6. The molecule has 1 aliphatic rings. The van der Waals surface area contributed by atoms with Gasteiger partial charge in [-0.15, -0.1) is 0 Å². The van der Waals surface area contributed by atoms with E-state index in [2.05, 4.69) is 11.9 Å². The topological polar surface area (TPSA) is 58.6 Å². The Hall–Kier alpha value is -3.08. The fourth-order valence-corrected chi connectivity index (χ4v) is 3.18. The maximum Gasteiger partial charge on any atom is 0.229 e. The van der Waals surface area contributed by atoms with Gasteiger partial charge in [-0.1, -0.05) is 24.8 Å². The minimum atomic E-state index is -0.367. The molecule has 0 radical (unpaired) electrons. The molecule has 0 unspecified atom stereocenters. The minimum Gasteiger partial charge on any atom is -0.490 e. The van der Waals surface area contributed by atoms with Gasteiger partial charge in [-0.2, -0.15) is 0 Å². The summed E-state index contributed by atoms with van der Waals surface area (Å²) in [6.45, 7) is 8.46. The molecule has 27 heavy (non-hydrogen) atoms. The third-order valence-corrected chi connectivity index (χ3v) is 4.85. The summed E-state index contributed by atoms with van der Waals surface area (Å²) >= 11 is 0. The van der Waals surface area contributed by atoms with Gasteiger partial charge in [0.2, 0.25) is 11.8 Å². The van der Waals surface area contributed by atoms with Crippen LogP contribution in [-0.2, 0) is 9.59 Å². The van der Waals surface area contributed by atoms with Gasteiger partial charge in [-0.25, -0.2) is 0 Å². The van der Waals surface area contributed by atoms with E-state index in [1.165, 1.54) is 0 Å². The first-order chi connectivity index (χ1) is 13.0. The van der Waals surface area contributed by atoms with Gasteiger partial charge in [-0.3, -0.25) is 9.59 Å². The van der Waals surface area contributed by atoms with E-state index >= 15 is 0 Å². The average molecular weight is 364 g/mol. The number of carbonyl (C=O) groups excluding carboxylic acids is 2. The molecule has 0 saturated carbocycles. The molecule has 2 aromatic carbocycles. The summed E-state index contributed by atoms with van der Waals surface area (Å²) in [4.78, 5) is 26.8. The molecule has 0 aromatic heterocycles. The third kappa shape index (κ3) is 4.19. The average Bonchev–Trinajstić information content (AvgIpc) is 3.05. The number of nitrogens with one attached hydrogen (secondary N) is 1.